The van der Waals surface area contributed by atoms with Crippen LogP contribution in [0.4, 0.5) is 0 Å². The van der Waals surface area contributed by atoms with Crippen molar-refractivity contribution >= 4 is 11.6 Å². The average Bonchev–Trinajstić information content (AvgIpc) is 2.22. The van der Waals surface area contributed by atoms with Crippen LogP contribution in [0.1, 0.15) is 17.9 Å². The van der Waals surface area contributed by atoms with Crippen LogP contribution in [-0.4, -0.2) is 4.98 Å². The van der Waals surface area contributed by atoms with E-state index in [9.17, 15) is 0 Å². The van der Waals surface area contributed by atoms with E-state index in [4.69, 9.17) is 16.0 Å². The number of fused-ring (bicyclic) bond motifs is 1. The molecule has 0 fully saturated rings. The van der Waals surface area contributed by atoms with E-state index in [-0.39, 0.29) is 0 Å². The quantitative estimate of drug-likeness (QED) is 0.554. The molecule has 0 amide bonds. The van der Waals surface area contributed by atoms with Gasteiger partial charge in [-0.2, -0.15) is 0 Å². The highest BCUT2D eigenvalue weighted by Gasteiger charge is 2.16. The molecule has 0 radical (unpaired) electrons. The first-order valence-electron chi connectivity index (χ1n) is 3.00. The normalized spacial score (nSPS) is 16.1. The fraction of sp³-hybridized carbons (Fsp3) is 0.500. The Morgan fingerprint density at radius 1 is 1.44 bits per heavy atom. The van der Waals surface area contributed by atoms with Gasteiger partial charge < -0.3 is 4.42 Å². The first-order valence-corrected chi connectivity index (χ1v) is 3.38. The summed E-state index contributed by atoms with van der Waals surface area (Å²) in [6, 6.07) is 0. The van der Waals surface area contributed by atoms with E-state index in [1.807, 2.05) is 0 Å². The van der Waals surface area contributed by atoms with Crippen molar-refractivity contribution in [1.82, 2.24) is 4.98 Å². The van der Waals surface area contributed by atoms with Gasteiger partial charge in [0.2, 0.25) is 0 Å². The molecule has 0 atom stereocenters. The SMILES string of the molecule is Clc1nc2c(o1)CCC2. The topological polar surface area (TPSA) is 26.0 Å². The van der Waals surface area contributed by atoms with E-state index >= 15 is 0 Å². The lowest BCUT2D eigenvalue weighted by atomic mass is 10.4. The van der Waals surface area contributed by atoms with Gasteiger partial charge in [0, 0.05) is 6.42 Å². The van der Waals surface area contributed by atoms with Crippen molar-refractivity contribution < 1.29 is 4.42 Å². The molecule has 2 nitrogen and oxygen atoms in total. The van der Waals surface area contributed by atoms with E-state index in [2.05, 4.69) is 4.98 Å². The van der Waals surface area contributed by atoms with Crippen molar-refractivity contribution in [3.05, 3.63) is 16.8 Å². The third kappa shape index (κ3) is 0.741. The minimum Gasteiger partial charge on any atom is -0.432 e. The number of rotatable bonds is 0. The summed E-state index contributed by atoms with van der Waals surface area (Å²) in [5, 5.41) is 0.291. The molecule has 1 aliphatic rings. The van der Waals surface area contributed by atoms with Crippen molar-refractivity contribution in [2.45, 2.75) is 19.3 Å². The predicted molar refractivity (Wildman–Crippen MR) is 33.5 cm³/mol. The van der Waals surface area contributed by atoms with Gasteiger partial charge in [-0.3, -0.25) is 0 Å². The van der Waals surface area contributed by atoms with Crippen LogP contribution in [0.5, 0.6) is 0 Å². The molecular weight excluding hydrogens is 138 g/mol. The Hall–Kier alpha value is -0.500. The maximum Gasteiger partial charge on any atom is 0.292 e. The number of hydrogen-bond donors (Lipinski definition) is 0. The monoisotopic (exact) mass is 143 g/mol. The van der Waals surface area contributed by atoms with Crippen LogP contribution in [0.25, 0.3) is 0 Å². The van der Waals surface area contributed by atoms with Crippen molar-refractivity contribution in [3.63, 3.8) is 0 Å². The molecule has 0 aliphatic heterocycles. The molecule has 1 aromatic heterocycles. The Morgan fingerprint density at radius 2 is 2.33 bits per heavy atom. The fourth-order valence-electron chi connectivity index (χ4n) is 1.16. The van der Waals surface area contributed by atoms with Crippen LogP contribution in [0.2, 0.25) is 5.35 Å². The van der Waals surface area contributed by atoms with E-state index in [1.165, 1.54) is 6.42 Å². The molecule has 3 heteroatoms. The van der Waals surface area contributed by atoms with Crippen molar-refractivity contribution in [2.75, 3.05) is 0 Å². The Bertz CT molecular complexity index is 209. The molecule has 2 rings (SSSR count). The lowest BCUT2D eigenvalue weighted by Crippen LogP contribution is -1.74. The number of nitrogens with zero attached hydrogens (tertiary/aromatic N) is 1. The number of aromatic nitrogens is 1. The molecule has 0 unspecified atom stereocenters. The number of oxazole rings is 1. The van der Waals surface area contributed by atoms with Gasteiger partial charge in [-0.1, -0.05) is 0 Å². The molecule has 1 aliphatic carbocycles. The molecule has 48 valence electrons. The van der Waals surface area contributed by atoms with Gasteiger partial charge in [-0.05, 0) is 24.4 Å². The molecule has 1 aromatic rings. The average molecular weight is 144 g/mol. The Labute approximate surface area is 57.8 Å². The largest absolute Gasteiger partial charge is 0.432 e. The van der Waals surface area contributed by atoms with E-state index in [1.54, 1.807) is 0 Å². The maximum absolute atomic E-state index is 5.50. The van der Waals surface area contributed by atoms with Gasteiger partial charge in [0.25, 0.3) is 5.35 Å². The Morgan fingerprint density at radius 3 is 3.11 bits per heavy atom. The lowest BCUT2D eigenvalue weighted by Gasteiger charge is -1.79. The lowest BCUT2D eigenvalue weighted by molar-refractivity contribution is 0.510. The van der Waals surface area contributed by atoms with Crippen LogP contribution in [0.3, 0.4) is 0 Å². The minimum atomic E-state index is 0.291. The summed E-state index contributed by atoms with van der Waals surface area (Å²) in [4.78, 5) is 3.99. The summed E-state index contributed by atoms with van der Waals surface area (Å²) in [5.41, 5.74) is 1.06. The summed E-state index contributed by atoms with van der Waals surface area (Å²) < 4.78 is 5.08. The van der Waals surface area contributed by atoms with Gasteiger partial charge in [0.05, 0.1) is 5.69 Å². The molecule has 0 saturated heterocycles. The summed E-state index contributed by atoms with van der Waals surface area (Å²) >= 11 is 5.50. The van der Waals surface area contributed by atoms with Gasteiger partial charge >= 0.3 is 0 Å². The second-order valence-electron chi connectivity index (χ2n) is 2.19. The van der Waals surface area contributed by atoms with Crippen LogP contribution in [0, 0.1) is 0 Å². The molecule has 0 saturated carbocycles. The smallest absolute Gasteiger partial charge is 0.292 e. The zero-order valence-corrected chi connectivity index (χ0v) is 5.61. The van der Waals surface area contributed by atoms with Crippen LogP contribution >= 0.6 is 11.6 Å². The summed E-state index contributed by atoms with van der Waals surface area (Å²) in [6.07, 6.45) is 3.21. The van der Waals surface area contributed by atoms with Crippen LogP contribution < -0.4 is 0 Å². The molecule has 0 N–H and O–H groups in total. The van der Waals surface area contributed by atoms with Gasteiger partial charge in [-0.25, -0.2) is 4.98 Å². The zero-order chi connectivity index (χ0) is 6.27. The van der Waals surface area contributed by atoms with Crippen molar-refractivity contribution in [1.29, 1.82) is 0 Å². The van der Waals surface area contributed by atoms with Gasteiger partial charge in [0.1, 0.15) is 5.76 Å². The first kappa shape index (κ1) is 5.30. The number of aryl methyl sites for hydroxylation is 2. The Balaban J connectivity index is 2.51. The predicted octanol–water partition coefficient (Wildman–Crippen LogP) is 1.82. The summed E-state index contributed by atoms with van der Waals surface area (Å²) in [7, 11) is 0. The molecule has 1 heterocycles. The van der Waals surface area contributed by atoms with Crippen molar-refractivity contribution in [3.8, 4) is 0 Å². The summed E-state index contributed by atoms with van der Waals surface area (Å²) in [5.74, 6) is 0.986. The maximum atomic E-state index is 5.50. The van der Waals surface area contributed by atoms with Crippen LogP contribution in [-0.2, 0) is 12.8 Å². The molecular formula is C6H6ClNO. The summed E-state index contributed by atoms with van der Waals surface area (Å²) in [6.45, 7) is 0. The fourth-order valence-corrected chi connectivity index (χ4v) is 1.35. The molecule has 0 aromatic carbocycles. The minimum absolute atomic E-state index is 0.291. The molecule has 9 heavy (non-hydrogen) atoms. The highest BCUT2D eigenvalue weighted by molar-refractivity contribution is 6.27. The molecule has 0 spiro atoms. The van der Waals surface area contributed by atoms with Gasteiger partial charge in [-0.15, -0.1) is 0 Å². The third-order valence-electron chi connectivity index (χ3n) is 1.57. The molecule has 0 bridgehead atoms. The van der Waals surface area contributed by atoms with Crippen molar-refractivity contribution in [2.24, 2.45) is 0 Å². The third-order valence-corrected chi connectivity index (χ3v) is 1.73. The zero-order valence-electron chi connectivity index (χ0n) is 4.85. The number of hydrogen-bond acceptors (Lipinski definition) is 2. The second-order valence-corrected chi connectivity index (χ2v) is 2.51. The number of halogens is 1. The standard InChI is InChI=1S/C6H6ClNO/c7-6-8-4-2-1-3-5(4)9-6/h1-3H2. The second kappa shape index (κ2) is 1.74. The first-order chi connectivity index (χ1) is 4.36. The van der Waals surface area contributed by atoms with Gasteiger partial charge in [0.15, 0.2) is 0 Å². The Kier molecular flexibility index (Phi) is 1.02. The van der Waals surface area contributed by atoms with Crippen LogP contribution in [0.15, 0.2) is 4.42 Å². The highest BCUT2D eigenvalue weighted by Crippen LogP contribution is 2.23. The highest BCUT2D eigenvalue weighted by atomic mass is 35.5. The van der Waals surface area contributed by atoms with E-state index < -0.39 is 0 Å². The van der Waals surface area contributed by atoms with E-state index in [0.717, 1.165) is 24.3 Å². The van der Waals surface area contributed by atoms with E-state index in [0.29, 0.717) is 5.35 Å².